The van der Waals surface area contributed by atoms with E-state index in [1.807, 2.05) is 13.0 Å². The quantitative estimate of drug-likeness (QED) is 0.501. The van der Waals surface area contributed by atoms with Crippen molar-refractivity contribution in [3.05, 3.63) is 41.3 Å². The van der Waals surface area contributed by atoms with Gasteiger partial charge in [0.2, 0.25) is 5.88 Å². The fourth-order valence-corrected chi connectivity index (χ4v) is 3.90. The second-order valence-electron chi connectivity index (χ2n) is 9.92. The van der Waals surface area contributed by atoms with Crippen molar-refractivity contribution in [3.8, 4) is 17.0 Å². The van der Waals surface area contributed by atoms with Gasteiger partial charge in [0.25, 0.3) is 0 Å². The number of benzene rings is 1. The molecule has 0 bridgehead atoms. The molecule has 1 aliphatic heterocycles. The van der Waals surface area contributed by atoms with E-state index >= 15 is 0 Å². The van der Waals surface area contributed by atoms with Crippen LogP contribution in [0.15, 0.2) is 24.3 Å². The Balaban J connectivity index is 1.88. The molecule has 7 nitrogen and oxygen atoms in total. The van der Waals surface area contributed by atoms with Crippen LogP contribution in [-0.4, -0.2) is 49.1 Å². The maximum absolute atomic E-state index is 14.7. The van der Waals surface area contributed by atoms with E-state index in [-0.39, 0.29) is 30.2 Å². The van der Waals surface area contributed by atoms with Crippen LogP contribution in [0.4, 0.5) is 14.9 Å². The van der Waals surface area contributed by atoms with Crippen molar-refractivity contribution in [3.63, 3.8) is 0 Å². The number of hydrogen-bond donors (Lipinski definition) is 3. The smallest absolute Gasteiger partial charge is 0.319 e. The van der Waals surface area contributed by atoms with Gasteiger partial charge in [-0.05, 0) is 66.5 Å². The number of anilines is 1. The molecule has 1 fully saturated rings. The van der Waals surface area contributed by atoms with Crippen LogP contribution in [0.3, 0.4) is 0 Å². The van der Waals surface area contributed by atoms with Crippen molar-refractivity contribution < 1.29 is 23.8 Å². The van der Waals surface area contributed by atoms with Crippen molar-refractivity contribution in [2.24, 2.45) is 5.41 Å². The van der Waals surface area contributed by atoms with Gasteiger partial charge in [0.1, 0.15) is 12.4 Å². The van der Waals surface area contributed by atoms with Crippen LogP contribution in [0.5, 0.6) is 5.88 Å². The summed E-state index contributed by atoms with van der Waals surface area (Å²) in [7, 11) is 0. The summed E-state index contributed by atoms with van der Waals surface area (Å²) in [5.41, 5.74) is 3.40. The Hall–Kier alpha value is -2.71. The maximum Gasteiger partial charge on any atom is 0.319 e. The highest BCUT2D eigenvalue weighted by Crippen LogP contribution is 2.34. The van der Waals surface area contributed by atoms with Gasteiger partial charge in [-0.3, -0.25) is 0 Å². The summed E-state index contributed by atoms with van der Waals surface area (Å²) in [6, 6.07) is 6.40. The molecule has 3 rings (SSSR count). The molecule has 0 radical (unpaired) electrons. The number of halogens is 1. The number of aryl methyl sites for hydroxylation is 1. The van der Waals surface area contributed by atoms with Crippen LogP contribution in [0.25, 0.3) is 11.1 Å². The molecular formula is C26H36FN3O4. The third-order valence-electron chi connectivity index (χ3n) is 5.84. The van der Waals surface area contributed by atoms with Crippen molar-refractivity contribution >= 4 is 11.7 Å². The Morgan fingerprint density at radius 3 is 2.65 bits per heavy atom. The van der Waals surface area contributed by atoms with Crippen molar-refractivity contribution in [1.82, 2.24) is 10.3 Å². The lowest BCUT2D eigenvalue weighted by Gasteiger charge is -2.23. The molecule has 2 heterocycles. The SMILES string of the molecule is Cc1cc(F)c(NC(=O)NCCC(C)(C)C)cc1-c1cc(OCCO)nc(C2CCOCC2)c1. The molecule has 1 saturated heterocycles. The molecule has 1 aromatic carbocycles. The van der Waals surface area contributed by atoms with E-state index in [4.69, 9.17) is 9.47 Å². The minimum Gasteiger partial charge on any atom is -0.475 e. The van der Waals surface area contributed by atoms with Gasteiger partial charge in [-0.25, -0.2) is 14.2 Å². The molecule has 8 heteroatoms. The Morgan fingerprint density at radius 1 is 1.24 bits per heavy atom. The van der Waals surface area contributed by atoms with Crippen LogP contribution < -0.4 is 15.4 Å². The number of ether oxygens (including phenoxy) is 2. The fourth-order valence-electron chi connectivity index (χ4n) is 3.90. The summed E-state index contributed by atoms with van der Waals surface area (Å²) < 4.78 is 25.8. The Morgan fingerprint density at radius 2 is 1.97 bits per heavy atom. The molecule has 2 amide bonds. The van der Waals surface area contributed by atoms with Gasteiger partial charge in [-0.2, -0.15) is 0 Å². The number of amides is 2. The zero-order chi connectivity index (χ0) is 24.7. The van der Waals surface area contributed by atoms with E-state index in [2.05, 4.69) is 36.4 Å². The van der Waals surface area contributed by atoms with Gasteiger partial charge in [-0.15, -0.1) is 0 Å². The van der Waals surface area contributed by atoms with Crippen molar-refractivity contribution in [2.75, 3.05) is 38.3 Å². The number of aliphatic hydroxyl groups is 1. The minimum absolute atomic E-state index is 0.0921. The van der Waals surface area contributed by atoms with E-state index in [0.717, 1.165) is 41.6 Å². The van der Waals surface area contributed by atoms with Crippen molar-refractivity contribution in [2.45, 2.75) is 52.9 Å². The summed E-state index contributed by atoms with van der Waals surface area (Å²) >= 11 is 0. The van der Waals surface area contributed by atoms with Gasteiger partial charge in [0.05, 0.1) is 12.3 Å². The fraction of sp³-hybridized carbons (Fsp3) is 0.538. The minimum atomic E-state index is -0.498. The molecule has 0 aliphatic carbocycles. The molecular weight excluding hydrogens is 437 g/mol. The average molecular weight is 474 g/mol. The first-order valence-corrected chi connectivity index (χ1v) is 11.8. The standard InChI is InChI=1S/C26H36FN3O4/c1-17-13-21(27)23(30-25(32)28-8-7-26(2,3)4)16-20(17)19-14-22(18-5-10-33-11-6-18)29-24(15-19)34-12-9-31/h13-16,18,31H,5-12H2,1-4H3,(H2,28,30,32). The highest BCUT2D eigenvalue weighted by atomic mass is 19.1. The number of nitrogens with one attached hydrogen (secondary N) is 2. The summed E-state index contributed by atoms with van der Waals surface area (Å²) in [6.07, 6.45) is 2.53. The summed E-state index contributed by atoms with van der Waals surface area (Å²) in [5.74, 6) is 0.144. The Labute approximate surface area is 201 Å². The molecule has 34 heavy (non-hydrogen) atoms. The lowest BCUT2D eigenvalue weighted by Crippen LogP contribution is -2.31. The first-order chi connectivity index (χ1) is 16.2. The van der Waals surface area contributed by atoms with Crippen LogP contribution in [0, 0.1) is 18.2 Å². The summed E-state index contributed by atoms with van der Waals surface area (Å²) in [5, 5.41) is 14.6. The van der Waals surface area contributed by atoms with E-state index in [9.17, 15) is 14.3 Å². The summed E-state index contributed by atoms with van der Waals surface area (Å²) in [6.45, 7) is 9.99. The molecule has 0 spiro atoms. The number of aromatic nitrogens is 1. The maximum atomic E-state index is 14.7. The Bertz CT molecular complexity index is 985. The number of carbonyl (C=O) groups excluding carboxylic acids is 1. The van der Waals surface area contributed by atoms with Gasteiger partial charge in [0.15, 0.2) is 0 Å². The van der Waals surface area contributed by atoms with Gasteiger partial charge in [-0.1, -0.05) is 20.8 Å². The summed E-state index contributed by atoms with van der Waals surface area (Å²) in [4.78, 5) is 17.0. The Kier molecular flexibility index (Phi) is 8.85. The zero-order valence-electron chi connectivity index (χ0n) is 20.5. The highest BCUT2D eigenvalue weighted by Gasteiger charge is 2.20. The van der Waals surface area contributed by atoms with E-state index in [0.29, 0.717) is 25.6 Å². The van der Waals surface area contributed by atoms with E-state index in [1.54, 1.807) is 12.1 Å². The van der Waals surface area contributed by atoms with E-state index in [1.165, 1.54) is 6.07 Å². The number of aliphatic hydroxyl groups excluding tert-OH is 1. The van der Waals surface area contributed by atoms with Gasteiger partial charge in [0, 0.05) is 37.4 Å². The number of nitrogens with zero attached hydrogens (tertiary/aromatic N) is 1. The monoisotopic (exact) mass is 473 g/mol. The third kappa shape index (κ3) is 7.40. The third-order valence-corrected chi connectivity index (χ3v) is 5.84. The normalized spacial score (nSPS) is 14.6. The van der Waals surface area contributed by atoms with Crippen LogP contribution in [0.1, 0.15) is 57.2 Å². The molecule has 2 aromatic rings. The topological polar surface area (TPSA) is 92.7 Å². The predicted molar refractivity (Wildman–Crippen MR) is 131 cm³/mol. The number of carbonyl (C=O) groups is 1. The lowest BCUT2D eigenvalue weighted by molar-refractivity contribution is 0.0843. The average Bonchev–Trinajstić information content (AvgIpc) is 2.79. The number of hydrogen-bond acceptors (Lipinski definition) is 5. The molecule has 186 valence electrons. The first kappa shape index (κ1) is 25.9. The van der Waals surface area contributed by atoms with Crippen LogP contribution in [0.2, 0.25) is 0 Å². The predicted octanol–water partition coefficient (Wildman–Crippen LogP) is 5.02. The lowest BCUT2D eigenvalue weighted by atomic mass is 9.92. The molecule has 0 unspecified atom stereocenters. The second kappa shape index (κ2) is 11.6. The first-order valence-electron chi connectivity index (χ1n) is 11.8. The molecule has 0 atom stereocenters. The van der Waals surface area contributed by atoms with Crippen LogP contribution >= 0.6 is 0 Å². The number of urea groups is 1. The second-order valence-corrected chi connectivity index (χ2v) is 9.92. The largest absolute Gasteiger partial charge is 0.475 e. The molecule has 1 aliphatic rings. The van der Waals surface area contributed by atoms with Gasteiger partial charge < -0.3 is 25.2 Å². The van der Waals surface area contributed by atoms with Gasteiger partial charge >= 0.3 is 6.03 Å². The van der Waals surface area contributed by atoms with E-state index < -0.39 is 11.8 Å². The van der Waals surface area contributed by atoms with Crippen LogP contribution in [-0.2, 0) is 4.74 Å². The molecule has 3 N–H and O–H groups in total. The number of rotatable bonds is 8. The highest BCUT2D eigenvalue weighted by molar-refractivity contribution is 5.90. The molecule has 1 aromatic heterocycles. The van der Waals surface area contributed by atoms with Crippen molar-refractivity contribution in [1.29, 1.82) is 0 Å². The number of pyridine rings is 1. The molecule has 0 saturated carbocycles. The zero-order valence-corrected chi connectivity index (χ0v) is 20.5.